The van der Waals surface area contributed by atoms with Crippen molar-refractivity contribution in [2.45, 2.75) is 13.5 Å². The largest absolute Gasteiger partial charge is 0.465 e. The van der Waals surface area contributed by atoms with Crippen LogP contribution >= 0.6 is 0 Å². The fourth-order valence-electron chi connectivity index (χ4n) is 4.08. The molecule has 0 radical (unpaired) electrons. The number of ether oxygens (including phenoxy) is 1. The Bertz CT molecular complexity index is 1240. The van der Waals surface area contributed by atoms with Gasteiger partial charge in [-0.2, -0.15) is 4.98 Å². The van der Waals surface area contributed by atoms with Crippen molar-refractivity contribution in [3.63, 3.8) is 0 Å². The van der Waals surface area contributed by atoms with E-state index in [0.717, 1.165) is 23.2 Å². The molecule has 0 unspecified atom stereocenters. The zero-order chi connectivity index (χ0) is 22.8. The highest BCUT2D eigenvalue weighted by molar-refractivity contribution is 5.75. The lowest BCUT2D eigenvalue weighted by Gasteiger charge is -2.35. The number of hydrogen-bond donors (Lipinski definition) is 0. The first-order valence-electron chi connectivity index (χ1n) is 10.7. The minimum absolute atomic E-state index is 0.273. The summed E-state index contributed by atoms with van der Waals surface area (Å²) >= 11 is 0. The van der Waals surface area contributed by atoms with Crippen LogP contribution in [0.4, 0.5) is 5.95 Å². The van der Waals surface area contributed by atoms with Gasteiger partial charge in [0.25, 0.3) is 5.56 Å². The SMILES string of the molecule is CC(=O)OCCN1CCN(c2nc3c(c(=O)n(C)c(=O)n3C)n2Cc2ccccc2)CC1. The van der Waals surface area contributed by atoms with Crippen LogP contribution < -0.4 is 16.1 Å². The number of aryl methyl sites for hydroxylation is 1. The topological polar surface area (TPSA) is 94.6 Å². The zero-order valence-electron chi connectivity index (χ0n) is 18.7. The van der Waals surface area contributed by atoms with Gasteiger partial charge in [0.05, 0.1) is 6.54 Å². The van der Waals surface area contributed by atoms with Crippen LogP contribution in [0.5, 0.6) is 0 Å². The first-order valence-corrected chi connectivity index (χ1v) is 10.7. The van der Waals surface area contributed by atoms with E-state index in [1.807, 2.05) is 34.9 Å². The van der Waals surface area contributed by atoms with Crippen molar-refractivity contribution < 1.29 is 9.53 Å². The third kappa shape index (κ3) is 4.18. The predicted molar refractivity (Wildman–Crippen MR) is 121 cm³/mol. The summed E-state index contributed by atoms with van der Waals surface area (Å²) in [5, 5.41) is 0. The summed E-state index contributed by atoms with van der Waals surface area (Å²) in [7, 11) is 3.13. The Labute approximate surface area is 185 Å². The highest BCUT2D eigenvalue weighted by atomic mass is 16.5. The van der Waals surface area contributed by atoms with Gasteiger partial charge in [-0.25, -0.2) is 4.79 Å². The van der Waals surface area contributed by atoms with Crippen LogP contribution in [-0.2, 0) is 30.2 Å². The Hall–Kier alpha value is -3.40. The predicted octanol–water partition coefficient (Wildman–Crippen LogP) is 0.167. The van der Waals surface area contributed by atoms with Crippen LogP contribution in [0.1, 0.15) is 12.5 Å². The summed E-state index contributed by atoms with van der Waals surface area (Å²) in [4.78, 5) is 45.6. The van der Waals surface area contributed by atoms with Crippen molar-refractivity contribution in [1.29, 1.82) is 0 Å². The Morgan fingerprint density at radius 1 is 1.03 bits per heavy atom. The number of esters is 1. The molecule has 1 aromatic carbocycles. The molecule has 0 saturated carbocycles. The second kappa shape index (κ2) is 8.99. The molecule has 1 aliphatic rings. The standard InChI is InChI=1S/C22H28N6O4/c1-16(29)32-14-13-26-9-11-27(12-10-26)21-23-19-18(20(30)25(3)22(31)24(19)2)28(21)15-17-7-5-4-6-8-17/h4-8H,9-15H2,1-3H3. The molecule has 0 N–H and O–H groups in total. The van der Waals surface area contributed by atoms with Gasteiger partial charge in [0.2, 0.25) is 5.95 Å². The third-order valence-electron chi connectivity index (χ3n) is 5.88. The Morgan fingerprint density at radius 2 is 1.72 bits per heavy atom. The van der Waals surface area contributed by atoms with Gasteiger partial charge >= 0.3 is 11.7 Å². The first-order chi connectivity index (χ1) is 15.4. The van der Waals surface area contributed by atoms with E-state index in [2.05, 4.69) is 9.80 Å². The molecule has 1 aliphatic heterocycles. The summed E-state index contributed by atoms with van der Waals surface area (Å²) in [5.74, 6) is 0.409. The van der Waals surface area contributed by atoms with Crippen molar-refractivity contribution in [2.75, 3.05) is 44.2 Å². The summed E-state index contributed by atoms with van der Waals surface area (Å²) in [5.41, 5.74) is 1.11. The molecular weight excluding hydrogens is 412 g/mol. The van der Waals surface area contributed by atoms with E-state index in [-0.39, 0.29) is 11.5 Å². The average Bonchev–Trinajstić information content (AvgIpc) is 3.16. The van der Waals surface area contributed by atoms with Gasteiger partial charge in [0.1, 0.15) is 6.61 Å². The van der Waals surface area contributed by atoms with E-state index in [1.54, 1.807) is 7.05 Å². The Balaban J connectivity index is 1.68. The van der Waals surface area contributed by atoms with Gasteiger partial charge in [-0.15, -0.1) is 0 Å². The molecule has 3 heterocycles. The van der Waals surface area contributed by atoms with E-state index >= 15 is 0 Å². The molecule has 170 valence electrons. The lowest BCUT2D eigenvalue weighted by atomic mass is 10.2. The lowest BCUT2D eigenvalue weighted by Crippen LogP contribution is -2.48. The molecule has 0 amide bonds. The number of rotatable bonds is 6. The highest BCUT2D eigenvalue weighted by Gasteiger charge is 2.25. The van der Waals surface area contributed by atoms with Gasteiger partial charge in [-0.3, -0.25) is 28.2 Å². The minimum atomic E-state index is -0.395. The maximum atomic E-state index is 13.1. The molecule has 4 rings (SSSR count). The van der Waals surface area contributed by atoms with E-state index < -0.39 is 5.69 Å². The van der Waals surface area contributed by atoms with Gasteiger partial charge in [-0.1, -0.05) is 30.3 Å². The molecule has 0 spiro atoms. The molecule has 10 heteroatoms. The van der Waals surface area contributed by atoms with Gasteiger partial charge in [0.15, 0.2) is 11.2 Å². The van der Waals surface area contributed by atoms with Crippen LogP contribution in [0.25, 0.3) is 11.2 Å². The van der Waals surface area contributed by atoms with E-state index in [9.17, 15) is 14.4 Å². The smallest absolute Gasteiger partial charge is 0.332 e. The van der Waals surface area contributed by atoms with Crippen LogP contribution in [0.15, 0.2) is 39.9 Å². The molecule has 0 aliphatic carbocycles. The number of imidazole rings is 1. The fourth-order valence-corrected chi connectivity index (χ4v) is 4.08. The number of carbonyl (C=O) groups is 1. The zero-order valence-corrected chi connectivity index (χ0v) is 18.7. The van der Waals surface area contributed by atoms with E-state index in [4.69, 9.17) is 9.72 Å². The number of nitrogens with zero attached hydrogens (tertiary/aromatic N) is 6. The molecule has 1 fully saturated rings. The van der Waals surface area contributed by atoms with Crippen molar-refractivity contribution in [1.82, 2.24) is 23.6 Å². The molecule has 3 aromatic rings. The van der Waals surface area contributed by atoms with Gasteiger partial charge in [-0.05, 0) is 5.56 Å². The maximum Gasteiger partial charge on any atom is 0.332 e. The highest BCUT2D eigenvalue weighted by Crippen LogP contribution is 2.22. The van der Waals surface area contributed by atoms with Crippen molar-refractivity contribution in [2.24, 2.45) is 14.1 Å². The quantitative estimate of drug-likeness (QED) is 0.504. The lowest BCUT2D eigenvalue weighted by molar-refractivity contribution is -0.141. The van der Waals surface area contributed by atoms with Crippen LogP contribution in [-0.4, -0.2) is 68.9 Å². The molecule has 0 bridgehead atoms. The monoisotopic (exact) mass is 440 g/mol. The Kier molecular flexibility index (Phi) is 6.13. The van der Waals surface area contributed by atoms with Crippen molar-refractivity contribution in [3.05, 3.63) is 56.7 Å². The summed E-state index contributed by atoms with van der Waals surface area (Å²) < 4.78 is 9.52. The summed E-state index contributed by atoms with van der Waals surface area (Å²) in [6.07, 6.45) is 0. The number of aromatic nitrogens is 4. The molecule has 0 atom stereocenters. The van der Waals surface area contributed by atoms with Gasteiger partial charge < -0.3 is 9.64 Å². The van der Waals surface area contributed by atoms with E-state index in [0.29, 0.717) is 49.9 Å². The second-order valence-corrected chi connectivity index (χ2v) is 8.03. The van der Waals surface area contributed by atoms with Crippen LogP contribution in [0.3, 0.4) is 0 Å². The number of anilines is 1. The number of hydrogen-bond acceptors (Lipinski definition) is 7. The second-order valence-electron chi connectivity index (χ2n) is 8.03. The Morgan fingerprint density at radius 3 is 2.38 bits per heavy atom. The number of carbonyl (C=O) groups excluding carboxylic acids is 1. The minimum Gasteiger partial charge on any atom is -0.465 e. The number of fused-ring (bicyclic) bond motifs is 1. The molecule has 2 aromatic heterocycles. The van der Waals surface area contributed by atoms with Crippen LogP contribution in [0.2, 0.25) is 0 Å². The molecular formula is C22H28N6O4. The molecule has 32 heavy (non-hydrogen) atoms. The van der Waals surface area contributed by atoms with Crippen LogP contribution in [0, 0.1) is 0 Å². The molecule has 1 saturated heterocycles. The summed E-state index contributed by atoms with van der Waals surface area (Å²) in [6.45, 7) is 5.95. The molecule has 10 nitrogen and oxygen atoms in total. The summed E-state index contributed by atoms with van der Waals surface area (Å²) in [6, 6.07) is 9.89. The van der Waals surface area contributed by atoms with Crippen molar-refractivity contribution >= 4 is 23.1 Å². The number of piperazine rings is 1. The fraction of sp³-hybridized carbons (Fsp3) is 0.455. The van der Waals surface area contributed by atoms with Crippen molar-refractivity contribution in [3.8, 4) is 0 Å². The first kappa shape index (κ1) is 21.8. The van der Waals surface area contributed by atoms with Gasteiger partial charge in [0, 0.05) is 53.7 Å². The maximum absolute atomic E-state index is 13.1. The number of benzene rings is 1. The van der Waals surface area contributed by atoms with E-state index in [1.165, 1.54) is 18.5 Å². The normalized spacial score (nSPS) is 14.8. The third-order valence-corrected chi connectivity index (χ3v) is 5.88. The average molecular weight is 441 g/mol.